The van der Waals surface area contributed by atoms with Crippen LogP contribution in [0.2, 0.25) is 5.15 Å². The molecular weight excluding hydrogens is 222 g/mol. The van der Waals surface area contributed by atoms with E-state index in [2.05, 4.69) is 21.3 Å². The normalized spacial score (nSPS) is 28.5. The van der Waals surface area contributed by atoms with Gasteiger partial charge in [0, 0.05) is 26.2 Å². The van der Waals surface area contributed by atoms with Crippen LogP contribution in [0.5, 0.6) is 0 Å². The predicted molar refractivity (Wildman–Crippen MR) is 66.0 cm³/mol. The Balaban J connectivity index is 1.81. The summed E-state index contributed by atoms with van der Waals surface area (Å²) in [5.74, 6) is 1.63. The molecule has 0 saturated carbocycles. The number of fused-ring (bicyclic) bond motifs is 1. The number of halogens is 1. The lowest BCUT2D eigenvalue weighted by molar-refractivity contribution is 0.533. The van der Waals surface area contributed by atoms with E-state index in [1.54, 1.807) is 0 Å². The van der Waals surface area contributed by atoms with E-state index in [0.29, 0.717) is 5.15 Å². The number of aromatic nitrogens is 1. The molecule has 0 aliphatic carbocycles. The maximum Gasteiger partial charge on any atom is 0.132 e. The Morgan fingerprint density at radius 2 is 2.06 bits per heavy atom. The highest BCUT2D eigenvalue weighted by molar-refractivity contribution is 6.30. The molecule has 2 saturated heterocycles. The molecule has 1 N–H and O–H groups in total. The van der Waals surface area contributed by atoms with Gasteiger partial charge in [-0.2, -0.15) is 0 Å². The molecule has 0 radical (unpaired) electrons. The fourth-order valence-corrected chi connectivity index (χ4v) is 2.89. The maximum atomic E-state index is 5.94. The monoisotopic (exact) mass is 237 g/mol. The molecule has 1 aromatic rings. The molecule has 0 unspecified atom stereocenters. The van der Waals surface area contributed by atoms with Crippen LogP contribution < -0.4 is 10.2 Å². The summed E-state index contributed by atoms with van der Waals surface area (Å²) in [7, 11) is 0. The minimum absolute atomic E-state index is 0.616. The van der Waals surface area contributed by atoms with Gasteiger partial charge in [0.05, 0.1) is 11.9 Å². The molecule has 2 atom stereocenters. The molecule has 3 heterocycles. The smallest absolute Gasteiger partial charge is 0.132 e. The number of nitrogens with zero attached hydrogens (tertiary/aromatic N) is 2. The van der Waals surface area contributed by atoms with E-state index in [-0.39, 0.29) is 0 Å². The van der Waals surface area contributed by atoms with Crippen molar-refractivity contribution >= 4 is 17.3 Å². The molecule has 86 valence electrons. The minimum atomic E-state index is 0.616. The van der Waals surface area contributed by atoms with Gasteiger partial charge in [0.1, 0.15) is 5.15 Å². The Bertz CT molecular complexity index is 395. The number of anilines is 1. The molecule has 0 bridgehead atoms. The fraction of sp³-hybridized carbons (Fsp3) is 0.583. The number of hydrogen-bond donors (Lipinski definition) is 1. The fourth-order valence-electron chi connectivity index (χ4n) is 2.78. The lowest BCUT2D eigenvalue weighted by atomic mass is 10.0. The first-order valence-corrected chi connectivity index (χ1v) is 6.19. The van der Waals surface area contributed by atoms with Gasteiger partial charge in [0.2, 0.25) is 0 Å². The molecule has 2 fully saturated rings. The number of hydrogen-bond acceptors (Lipinski definition) is 3. The molecule has 3 rings (SSSR count). The van der Waals surface area contributed by atoms with Gasteiger partial charge in [-0.3, -0.25) is 0 Å². The standard InChI is InChI=1S/C12H16ClN3/c1-8-2-11(5-15-12(8)13)16-6-9-3-14-4-10(9)7-16/h2,5,9-10,14H,3-4,6-7H2,1H3/t9-,10+. The zero-order chi connectivity index (χ0) is 11.1. The van der Waals surface area contributed by atoms with Crippen molar-refractivity contribution in [2.45, 2.75) is 6.92 Å². The van der Waals surface area contributed by atoms with Crippen molar-refractivity contribution < 1.29 is 0 Å². The molecule has 0 aromatic carbocycles. The first-order valence-electron chi connectivity index (χ1n) is 5.82. The van der Waals surface area contributed by atoms with Gasteiger partial charge >= 0.3 is 0 Å². The third kappa shape index (κ3) is 1.68. The van der Waals surface area contributed by atoms with E-state index in [1.807, 2.05) is 13.1 Å². The van der Waals surface area contributed by atoms with E-state index < -0.39 is 0 Å². The summed E-state index contributed by atoms with van der Waals surface area (Å²) < 4.78 is 0. The maximum absolute atomic E-state index is 5.94. The van der Waals surface area contributed by atoms with Crippen molar-refractivity contribution in [2.24, 2.45) is 11.8 Å². The zero-order valence-corrected chi connectivity index (χ0v) is 10.2. The Hall–Kier alpha value is -0.800. The lowest BCUT2D eigenvalue weighted by Gasteiger charge is -2.19. The van der Waals surface area contributed by atoms with E-state index in [9.17, 15) is 0 Å². The van der Waals surface area contributed by atoms with Crippen molar-refractivity contribution in [3.05, 3.63) is 23.0 Å². The highest BCUT2D eigenvalue weighted by Gasteiger charge is 2.36. The molecule has 2 aliphatic rings. The van der Waals surface area contributed by atoms with Crippen LogP contribution >= 0.6 is 11.6 Å². The van der Waals surface area contributed by atoms with Crippen molar-refractivity contribution in [1.29, 1.82) is 0 Å². The second-order valence-electron chi connectivity index (χ2n) is 4.88. The highest BCUT2D eigenvalue weighted by Crippen LogP contribution is 2.31. The molecule has 0 spiro atoms. The largest absolute Gasteiger partial charge is 0.370 e. The average molecular weight is 238 g/mol. The summed E-state index contributed by atoms with van der Waals surface area (Å²) in [6.45, 7) is 6.65. The van der Waals surface area contributed by atoms with Gasteiger partial charge < -0.3 is 10.2 Å². The topological polar surface area (TPSA) is 28.2 Å². The summed E-state index contributed by atoms with van der Waals surface area (Å²) in [5.41, 5.74) is 2.28. The quantitative estimate of drug-likeness (QED) is 0.754. The van der Waals surface area contributed by atoms with Crippen LogP contribution in [0.1, 0.15) is 5.56 Å². The molecule has 4 heteroatoms. The second kappa shape index (κ2) is 3.90. The Morgan fingerprint density at radius 1 is 1.38 bits per heavy atom. The van der Waals surface area contributed by atoms with Crippen LogP contribution in [0, 0.1) is 18.8 Å². The van der Waals surface area contributed by atoms with Crippen LogP contribution in [-0.4, -0.2) is 31.2 Å². The molecule has 2 aliphatic heterocycles. The zero-order valence-electron chi connectivity index (χ0n) is 9.41. The number of pyridine rings is 1. The third-order valence-corrected chi connectivity index (χ3v) is 4.15. The average Bonchev–Trinajstić information content (AvgIpc) is 2.81. The van der Waals surface area contributed by atoms with Gasteiger partial charge in [0.25, 0.3) is 0 Å². The van der Waals surface area contributed by atoms with Crippen molar-refractivity contribution in [2.75, 3.05) is 31.1 Å². The number of nitrogens with one attached hydrogen (secondary N) is 1. The summed E-state index contributed by atoms with van der Waals surface area (Å²) >= 11 is 5.94. The van der Waals surface area contributed by atoms with Crippen LogP contribution in [0.15, 0.2) is 12.3 Å². The summed E-state index contributed by atoms with van der Waals surface area (Å²) in [5, 5.41) is 4.07. The van der Waals surface area contributed by atoms with Crippen LogP contribution in [-0.2, 0) is 0 Å². The molecule has 0 amide bonds. The van der Waals surface area contributed by atoms with Crippen molar-refractivity contribution in [1.82, 2.24) is 10.3 Å². The third-order valence-electron chi connectivity index (χ3n) is 3.75. The highest BCUT2D eigenvalue weighted by atomic mass is 35.5. The van der Waals surface area contributed by atoms with Gasteiger partial charge in [-0.1, -0.05) is 11.6 Å². The SMILES string of the molecule is Cc1cc(N2C[C@H]3CNC[C@H]3C2)cnc1Cl. The van der Waals surface area contributed by atoms with Crippen molar-refractivity contribution in [3.63, 3.8) is 0 Å². The Labute approximate surface area is 101 Å². The van der Waals surface area contributed by atoms with E-state index in [0.717, 1.165) is 30.5 Å². The van der Waals surface area contributed by atoms with Crippen LogP contribution in [0.25, 0.3) is 0 Å². The molecule has 1 aromatic heterocycles. The predicted octanol–water partition coefficient (Wildman–Crippen LogP) is 1.70. The number of aryl methyl sites for hydroxylation is 1. The number of rotatable bonds is 1. The van der Waals surface area contributed by atoms with Gasteiger partial charge in [-0.05, 0) is 30.4 Å². The first-order chi connectivity index (χ1) is 7.74. The van der Waals surface area contributed by atoms with Gasteiger partial charge in [-0.15, -0.1) is 0 Å². The Morgan fingerprint density at radius 3 is 2.69 bits per heavy atom. The summed E-state index contributed by atoms with van der Waals surface area (Å²) in [6.07, 6.45) is 1.89. The van der Waals surface area contributed by atoms with E-state index in [4.69, 9.17) is 11.6 Å². The van der Waals surface area contributed by atoms with E-state index in [1.165, 1.54) is 18.8 Å². The molecule has 3 nitrogen and oxygen atoms in total. The Kier molecular flexibility index (Phi) is 2.52. The first kappa shape index (κ1) is 10.4. The van der Waals surface area contributed by atoms with E-state index >= 15 is 0 Å². The lowest BCUT2D eigenvalue weighted by Crippen LogP contribution is -2.25. The second-order valence-corrected chi connectivity index (χ2v) is 5.24. The van der Waals surface area contributed by atoms with Crippen LogP contribution in [0.3, 0.4) is 0 Å². The minimum Gasteiger partial charge on any atom is -0.370 e. The molecular formula is C12H16ClN3. The molecule has 16 heavy (non-hydrogen) atoms. The summed E-state index contributed by atoms with van der Waals surface area (Å²) in [6, 6.07) is 2.14. The summed E-state index contributed by atoms with van der Waals surface area (Å²) in [4.78, 5) is 6.66. The van der Waals surface area contributed by atoms with Gasteiger partial charge in [0.15, 0.2) is 0 Å². The van der Waals surface area contributed by atoms with Crippen molar-refractivity contribution in [3.8, 4) is 0 Å². The van der Waals surface area contributed by atoms with Crippen LogP contribution in [0.4, 0.5) is 5.69 Å². The van der Waals surface area contributed by atoms with Gasteiger partial charge in [-0.25, -0.2) is 4.98 Å².